The van der Waals surface area contributed by atoms with Gasteiger partial charge in [0.15, 0.2) is 0 Å². The molecule has 134 valence electrons. The molecule has 0 spiro atoms. The molecule has 0 radical (unpaired) electrons. The van der Waals surface area contributed by atoms with Gasteiger partial charge in [-0.2, -0.15) is 9.97 Å². The van der Waals surface area contributed by atoms with Crippen LogP contribution < -0.4 is 15.0 Å². The lowest BCUT2D eigenvalue weighted by Crippen LogP contribution is -2.40. The number of carbonyl (C=O) groups is 1. The third-order valence-corrected chi connectivity index (χ3v) is 3.43. The standard InChI is InChI=1S/C16H25ClN4O3/c1-10(2)23-14-19-12(17)8-13(20-14)21-7-6-11(9-21)18-15(22)24-16(3,4)5/h8,10-11H,6-7,9H2,1-5H3,(H,18,22). The fraction of sp³-hybridized carbons (Fsp3) is 0.688. The van der Waals surface area contributed by atoms with E-state index in [1.165, 1.54) is 0 Å². The highest BCUT2D eigenvalue weighted by Gasteiger charge is 2.27. The number of alkyl carbamates (subject to hydrolysis) is 1. The topological polar surface area (TPSA) is 76.6 Å². The average Bonchev–Trinajstić information content (AvgIpc) is 2.83. The Morgan fingerprint density at radius 2 is 2.12 bits per heavy atom. The van der Waals surface area contributed by atoms with Crippen molar-refractivity contribution in [1.29, 1.82) is 0 Å². The van der Waals surface area contributed by atoms with Gasteiger partial charge >= 0.3 is 12.1 Å². The SMILES string of the molecule is CC(C)Oc1nc(Cl)cc(N2CCC(NC(=O)OC(C)(C)C)C2)n1. The van der Waals surface area contributed by atoms with Crippen LogP contribution in [0.4, 0.5) is 10.6 Å². The van der Waals surface area contributed by atoms with Gasteiger partial charge in [0.2, 0.25) is 0 Å². The number of hydrogen-bond donors (Lipinski definition) is 1. The summed E-state index contributed by atoms with van der Waals surface area (Å²) in [5.74, 6) is 0.694. The molecule has 1 unspecified atom stereocenters. The van der Waals surface area contributed by atoms with E-state index in [1.807, 2.05) is 39.5 Å². The van der Waals surface area contributed by atoms with E-state index in [1.54, 1.807) is 6.07 Å². The molecule has 1 aromatic heterocycles. The number of aromatic nitrogens is 2. The minimum absolute atomic E-state index is 0.00283. The Kier molecular flexibility index (Phi) is 5.74. The van der Waals surface area contributed by atoms with Crippen molar-refractivity contribution in [3.8, 4) is 6.01 Å². The Labute approximate surface area is 147 Å². The first kappa shape index (κ1) is 18.6. The lowest BCUT2D eigenvalue weighted by molar-refractivity contribution is 0.0509. The van der Waals surface area contributed by atoms with Crippen LogP contribution in [0.2, 0.25) is 5.15 Å². The van der Waals surface area contributed by atoms with Gasteiger partial charge < -0.3 is 19.7 Å². The van der Waals surface area contributed by atoms with Crippen LogP contribution in [-0.4, -0.2) is 46.9 Å². The van der Waals surface area contributed by atoms with Gasteiger partial charge in [0.05, 0.1) is 12.1 Å². The fourth-order valence-corrected chi connectivity index (χ4v) is 2.54. The van der Waals surface area contributed by atoms with Gasteiger partial charge in [-0.1, -0.05) is 11.6 Å². The summed E-state index contributed by atoms with van der Waals surface area (Å²) in [6, 6.07) is 1.96. The van der Waals surface area contributed by atoms with E-state index in [0.717, 1.165) is 13.0 Å². The maximum absolute atomic E-state index is 11.9. The predicted molar refractivity (Wildman–Crippen MR) is 92.8 cm³/mol. The van der Waals surface area contributed by atoms with Crippen molar-refractivity contribution < 1.29 is 14.3 Å². The molecule has 1 N–H and O–H groups in total. The zero-order chi connectivity index (χ0) is 17.9. The van der Waals surface area contributed by atoms with E-state index < -0.39 is 11.7 Å². The third-order valence-electron chi connectivity index (χ3n) is 3.24. The number of anilines is 1. The minimum atomic E-state index is -0.508. The van der Waals surface area contributed by atoms with Crippen molar-refractivity contribution >= 4 is 23.5 Å². The second-order valence-electron chi connectivity index (χ2n) is 7.08. The monoisotopic (exact) mass is 356 g/mol. The Balaban J connectivity index is 1.98. The Hall–Kier alpha value is -1.76. The van der Waals surface area contributed by atoms with Crippen LogP contribution in [0, 0.1) is 0 Å². The van der Waals surface area contributed by atoms with E-state index in [-0.39, 0.29) is 18.2 Å². The summed E-state index contributed by atoms with van der Waals surface area (Å²) in [5, 5.41) is 3.22. The third kappa shape index (κ3) is 5.70. The number of hydrogen-bond acceptors (Lipinski definition) is 6. The summed E-state index contributed by atoms with van der Waals surface area (Å²) >= 11 is 6.06. The fourth-order valence-electron chi connectivity index (χ4n) is 2.37. The van der Waals surface area contributed by atoms with Crippen LogP contribution in [0.15, 0.2) is 6.07 Å². The predicted octanol–water partition coefficient (Wildman–Crippen LogP) is 3.02. The normalized spacial score (nSPS) is 18.0. The van der Waals surface area contributed by atoms with Crippen LogP contribution in [-0.2, 0) is 4.74 Å². The molecule has 0 aromatic carbocycles. The van der Waals surface area contributed by atoms with Crippen LogP contribution in [0.5, 0.6) is 6.01 Å². The molecule has 1 aromatic rings. The summed E-state index contributed by atoms with van der Waals surface area (Å²) in [7, 11) is 0. The quantitative estimate of drug-likeness (QED) is 0.836. The first-order chi connectivity index (χ1) is 11.1. The van der Waals surface area contributed by atoms with Crippen LogP contribution in [0.1, 0.15) is 41.0 Å². The lowest BCUT2D eigenvalue weighted by atomic mass is 10.2. The van der Waals surface area contributed by atoms with Crippen LogP contribution in [0.25, 0.3) is 0 Å². The molecule has 0 bridgehead atoms. The lowest BCUT2D eigenvalue weighted by Gasteiger charge is -2.22. The second-order valence-corrected chi connectivity index (χ2v) is 7.46. The molecular weight excluding hydrogens is 332 g/mol. The Morgan fingerprint density at radius 3 is 2.75 bits per heavy atom. The second kappa shape index (κ2) is 7.42. The number of amides is 1. The molecule has 8 heteroatoms. The van der Waals surface area contributed by atoms with Crippen molar-refractivity contribution in [1.82, 2.24) is 15.3 Å². The van der Waals surface area contributed by atoms with E-state index in [2.05, 4.69) is 15.3 Å². The van der Waals surface area contributed by atoms with Crippen molar-refractivity contribution in [2.75, 3.05) is 18.0 Å². The Morgan fingerprint density at radius 1 is 1.42 bits per heavy atom. The van der Waals surface area contributed by atoms with Crippen molar-refractivity contribution in [3.63, 3.8) is 0 Å². The van der Waals surface area contributed by atoms with E-state index in [4.69, 9.17) is 21.1 Å². The molecule has 0 aliphatic carbocycles. The molecule has 0 saturated carbocycles. The van der Waals surface area contributed by atoms with Crippen LogP contribution >= 0.6 is 11.6 Å². The molecule has 2 heterocycles. The minimum Gasteiger partial charge on any atom is -0.461 e. The van der Waals surface area contributed by atoms with Gasteiger partial charge in [-0.15, -0.1) is 0 Å². The number of nitrogens with one attached hydrogen (secondary N) is 1. The molecule has 1 aliphatic heterocycles. The van der Waals surface area contributed by atoms with Gasteiger partial charge in [-0.25, -0.2) is 4.79 Å². The first-order valence-corrected chi connectivity index (χ1v) is 8.46. The van der Waals surface area contributed by atoms with Gasteiger partial charge in [-0.05, 0) is 41.0 Å². The molecule has 1 atom stereocenters. The summed E-state index contributed by atoms with van der Waals surface area (Å²) in [5.41, 5.74) is -0.508. The maximum atomic E-state index is 11.9. The number of nitrogens with zero attached hydrogens (tertiary/aromatic N) is 3. The number of ether oxygens (including phenoxy) is 2. The zero-order valence-corrected chi connectivity index (χ0v) is 15.6. The highest BCUT2D eigenvalue weighted by atomic mass is 35.5. The average molecular weight is 357 g/mol. The molecule has 1 aliphatic rings. The summed E-state index contributed by atoms with van der Waals surface area (Å²) in [6.45, 7) is 10.7. The van der Waals surface area contributed by atoms with E-state index >= 15 is 0 Å². The first-order valence-electron chi connectivity index (χ1n) is 8.08. The summed E-state index contributed by atoms with van der Waals surface area (Å²) in [6.07, 6.45) is 0.372. The van der Waals surface area contributed by atoms with Gasteiger partial charge in [0.1, 0.15) is 16.6 Å². The molecule has 1 fully saturated rings. The van der Waals surface area contributed by atoms with Crippen molar-refractivity contribution in [2.45, 2.75) is 58.8 Å². The van der Waals surface area contributed by atoms with E-state index in [9.17, 15) is 4.79 Å². The Bertz CT molecular complexity index is 589. The number of carbonyl (C=O) groups excluding carboxylic acids is 1. The molecule has 2 rings (SSSR count). The van der Waals surface area contributed by atoms with Crippen LogP contribution in [0.3, 0.4) is 0 Å². The number of halogens is 1. The molecule has 7 nitrogen and oxygen atoms in total. The van der Waals surface area contributed by atoms with Gasteiger partial charge in [0, 0.05) is 19.2 Å². The van der Waals surface area contributed by atoms with Crippen molar-refractivity contribution in [2.24, 2.45) is 0 Å². The number of rotatable bonds is 4. The highest BCUT2D eigenvalue weighted by Crippen LogP contribution is 2.23. The van der Waals surface area contributed by atoms with Crippen molar-refractivity contribution in [3.05, 3.63) is 11.2 Å². The molecule has 1 amide bonds. The summed E-state index contributed by atoms with van der Waals surface area (Å²) < 4.78 is 10.8. The van der Waals surface area contributed by atoms with E-state index in [0.29, 0.717) is 17.5 Å². The summed E-state index contributed by atoms with van der Waals surface area (Å²) in [4.78, 5) is 22.4. The molecular formula is C16H25ClN4O3. The molecule has 24 heavy (non-hydrogen) atoms. The van der Waals surface area contributed by atoms with Gasteiger partial charge in [-0.3, -0.25) is 0 Å². The van der Waals surface area contributed by atoms with Gasteiger partial charge in [0.25, 0.3) is 0 Å². The zero-order valence-electron chi connectivity index (χ0n) is 14.8. The molecule has 1 saturated heterocycles. The highest BCUT2D eigenvalue weighted by molar-refractivity contribution is 6.29. The smallest absolute Gasteiger partial charge is 0.407 e. The maximum Gasteiger partial charge on any atom is 0.407 e. The largest absolute Gasteiger partial charge is 0.461 e.